The molecule has 1 aromatic carbocycles. The Labute approximate surface area is 86.3 Å². The second-order valence-electron chi connectivity index (χ2n) is 2.79. The first-order valence-corrected chi connectivity index (χ1v) is 5.29. The van der Waals surface area contributed by atoms with Crippen molar-refractivity contribution in [2.24, 2.45) is 0 Å². The van der Waals surface area contributed by atoms with Gasteiger partial charge in [0.15, 0.2) is 5.78 Å². The summed E-state index contributed by atoms with van der Waals surface area (Å²) in [6.45, 7) is 1.84. The third-order valence-electron chi connectivity index (χ3n) is 1.93. The van der Waals surface area contributed by atoms with Crippen molar-refractivity contribution < 1.29 is 4.79 Å². The van der Waals surface area contributed by atoms with Crippen LogP contribution in [-0.4, -0.2) is 5.78 Å². The van der Waals surface area contributed by atoms with Crippen molar-refractivity contribution in [3.63, 3.8) is 0 Å². The highest BCUT2D eigenvalue weighted by molar-refractivity contribution is 9.08. The molecule has 0 unspecified atom stereocenters. The number of benzene rings is 1. The van der Waals surface area contributed by atoms with Gasteiger partial charge in [-0.25, -0.2) is 0 Å². The Bertz CT molecular complexity index is 323. The molecule has 0 heterocycles. The van der Waals surface area contributed by atoms with Gasteiger partial charge in [0.2, 0.25) is 0 Å². The quantitative estimate of drug-likeness (QED) is 0.503. The van der Waals surface area contributed by atoms with Crippen LogP contribution in [0.25, 0.3) is 0 Å². The van der Waals surface area contributed by atoms with Gasteiger partial charge in [-0.1, -0.05) is 35.0 Å². The number of hydrogen-bond donors (Lipinski definition) is 1. The van der Waals surface area contributed by atoms with Gasteiger partial charge in [0.05, 0.1) is 0 Å². The summed E-state index contributed by atoms with van der Waals surface area (Å²) in [5.41, 5.74) is 7.94. The van der Waals surface area contributed by atoms with Gasteiger partial charge in [0.25, 0.3) is 0 Å². The molecule has 0 saturated heterocycles. The van der Waals surface area contributed by atoms with Gasteiger partial charge in [-0.3, -0.25) is 4.79 Å². The molecule has 0 bridgehead atoms. The standard InChI is InChI=1S/C10H12BrNO/c1-2-9(13)10-7(6-11)4-3-5-8(10)12/h3-5H,2,6,12H2,1H3. The van der Waals surface area contributed by atoms with Gasteiger partial charge >= 0.3 is 0 Å². The molecule has 1 rings (SSSR count). The van der Waals surface area contributed by atoms with Gasteiger partial charge in [-0.05, 0) is 11.6 Å². The first-order valence-electron chi connectivity index (χ1n) is 4.17. The molecule has 0 spiro atoms. The number of nitrogen functional groups attached to an aromatic ring is 1. The molecular weight excluding hydrogens is 230 g/mol. The van der Waals surface area contributed by atoms with Gasteiger partial charge in [0, 0.05) is 23.0 Å². The van der Waals surface area contributed by atoms with Gasteiger partial charge in [0.1, 0.15) is 0 Å². The van der Waals surface area contributed by atoms with E-state index in [1.54, 1.807) is 6.07 Å². The van der Waals surface area contributed by atoms with Crippen molar-refractivity contribution in [2.75, 3.05) is 5.73 Å². The molecule has 0 aliphatic heterocycles. The van der Waals surface area contributed by atoms with Crippen LogP contribution in [-0.2, 0) is 5.33 Å². The van der Waals surface area contributed by atoms with E-state index in [1.165, 1.54) is 0 Å². The fourth-order valence-electron chi connectivity index (χ4n) is 1.25. The van der Waals surface area contributed by atoms with Gasteiger partial charge in [-0.2, -0.15) is 0 Å². The Kier molecular flexibility index (Phi) is 3.48. The molecule has 0 radical (unpaired) electrons. The number of carbonyl (C=O) groups excluding carboxylic acids is 1. The molecule has 0 amide bonds. The minimum atomic E-state index is 0.104. The van der Waals surface area contributed by atoms with Crippen molar-refractivity contribution in [3.8, 4) is 0 Å². The van der Waals surface area contributed by atoms with E-state index in [-0.39, 0.29) is 5.78 Å². The number of ketones is 1. The van der Waals surface area contributed by atoms with Gasteiger partial charge < -0.3 is 5.73 Å². The van der Waals surface area contributed by atoms with E-state index >= 15 is 0 Å². The third-order valence-corrected chi connectivity index (χ3v) is 2.53. The second kappa shape index (κ2) is 4.42. The maximum atomic E-state index is 11.5. The topological polar surface area (TPSA) is 43.1 Å². The van der Waals surface area contributed by atoms with Crippen molar-refractivity contribution in [3.05, 3.63) is 29.3 Å². The van der Waals surface area contributed by atoms with Crippen LogP contribution < -0.4 is 5.73 Å². The maximum Gasteiger partial charge on any atom is 0.164 e. The lowest BCUT2D eigenvalue weighted by Crippen LogP contribution is -2.05. The van der Waals surface area contributed by atoms with Crippen molar-refractivity contribution in [1.29, 1.82) is 0 Å². The predicted octanol–water partition coefficient (Wildman–Crippen LogP) is 2.76. The van der Waals surface area contributed by atoms with Crippen LogP contribution in [0, 0.1) is 0 Å². The minimum absolute atomic E-state index is 0.104. The average Bonchev–Trinajstić information content (AvgIpc) is 2.16. The second-order valence-corrected chi connectivity index (χ2v) is 3.35. The first-order chi connectivity index (χ1) is 6.20. The summed E-state index contributed by atoms with van der Waals surface area (Å²) in [6, 6.07) is 5.53. The number of rotatable bonds is 3. The summed E-state index contributed by atoms with van der Waals surface area (Å²) in [6.07, 6.45) is 0.494. The number of hydrogen-bond acceptors (Lipinski definition) is 2. The van der Waals surface area contributed by atoms with Crippen molar-refractivity contribution in [1.82, 2.24) is 0 Å². The fraction of sp³-hybridized carbons (Fsp3) is 0.300. The molecule has 3 heteroatoms. The molecular formula is C10H12BrNO. The zero-order valence-corrected chi connectivity index (χ0v) is 9.10. The number of alkyl halides is 1. The smallest absolute Gasteiger partial charge is 0.164 e. The van der Waals surface area contributed by atoms with E-state index in [0.29, 0.717) is 23.0 Å². The van der Waals surface area contributed by atoms with E-state index in [1.807, 2.05) is 19.1 Å². The van der Waals surface area contributed by atoms with Crippen LogP contribution in [0.2, 0.25) is 0 Å². The molecule has 1 aromatic rings. The zero-order chi connectivity index (χ0) is 9.84. The van der Waals surface area contributed by atoms with E-state index < -0.39 is 0 Å². The minimum Gasteiger partial charge on any atom is -0.398 e. The highest BCUT2D eigenvalue weighted by Gasteiger charge is 2.11. The largest absolute Gasteiger partial charge is 0.398 e. The maximum absolute atomic E-state index is 11.5. The number of anilines is 1. The molecule has 0 fully saturated rings. The number of halogens is 1. The lowest BCUT2D eigenvalue weighted by Gasteiger charge is -2.07. The molecule has 0 saturated carbocycles. The summed E-state index contributed by atoms with van der Waals surface area (Å²) < 4.78 is 0. The van der Waals surface area contributed by atoms with E-state index in [2.05, 4.69) is 15.9 Å². The summed E-state index contributed by atoms with van der Waals surface area (Å²) >= 11 is 3.33. The normalized spacial score (nSPS) is 10.0. The van der Waals surface area contributed by atoms with Crippen LogP contribution in [0.15, 0.2) is 18.2 Å². The lowest BCUT2D eigenvalue weighted by atomic mass is 10.0. The van der Waals surface area contributed by atoms with Crippen LogP contribution >= 0.6 is 15.9 Å². The Balaban J connectivity index is 3.22. The molecule has 13 heavy (non-hydrogen) atoms. The first kappa shape index (κ1) is 10.3. The van der Waals surface area contributed by atoms with Gasteiger partial charge in [-0.15, -0.1) is 0 Å². The van der Waals surface area contributed by atoms with Crippen LogP contribution in [0.4, 0.5) is 5.69 Å². The van der Waals surface area contributed by atoms with E-state index in [9.17, 15) is 4.79 Å². The summed E-state index contributed by atoms with van der Waals surface area (Å²) in [5.74, 6) is 0.104. The highest BCUT2D eigenvalue weighted by Crippen LogP contribution is 2.20. The lowest BCUT2D eigenvalue weighted by molar-refractivity contribution is 0.0988. The number of carbonyl (C=O) groups is 1. The molecule has 2 nitrogen and oxygen atoms in total. The summed E-state index contributed by atoms with van der Waals surface area (Å²) in [5, 5.41) is 0.666. The zero-order valence-electron chi connectivity index (χ0n) is 7.51. The van der Waals surface area contributed by atoms with Crippen LogP contribution in [0.5, 0.6) is 0 Å². The predicted molar refractivity (Wildman–Crippen MR) is 58.1 cm³/mol. The Hall–Kier alpha value is -0.830. The summed E-state index contributed by atoms with van der Waals surface area (Å²) in [7, 11) is 0. The number of nitrogens with two attached hydrogens (primary N) is 1. The van der Waals surface area contributed by atoms with Crippen molar-refractivity contribution in [2.45, 2.75) is 18.7 Å². The molecule has 0 aliphatic carbocycles. The highest BCUT2D eigenvalue weighted by atomic mass is 79.9. The fourth-order valence-corrected chi connectivity index (χ4v) is 1.72. The molecule has 0 aromatic heterocycles. The SMILES string of the molecule is CCC(=O)c1c(N)cccc1CBr. The Morgan fingerprint density at radius 2 is 2.23 bits per heavy atom. The molecule has 70 valence electrons. The number of Topliss-reactive ketones (excluding diaryl/α,β-unsaturated/α-hetero) is 1. The third kappa shape index (κ3) is 2.10. The Morgan fingerprint density at radius 3 is 2.77 bits per heavy atom. The average molecular weight is 242 g/mol. The Morgan fingerprint density at radius 1 is 1.54 bits per heavy atom. The summed E-state index contributed by atoms with van der Waals surface area (Å²) in [4.78, 5) is 11.5. The molecule has 0 aliphatic rings. The van der Waals surface area contributed by atoms with Crippen molar-refractivity contribution >= 4 is 27.4 Å². The van der Waals surface area contributed by atoms with E-state index in [0.717, 1.165) is 5.56 Å². The molecule has 2 N–H and O–H groups in total. The van der Waals surface area contributed by atoms with Crippen LogP contribution in [0.1, 0.15) is 29.3 Å². The van der Waals surface area contributed by atoms with Crippen LogP contribution in [0.3, 0.4) is 0 Å². The monoisotopic (exact) mass is 241 g/mol. The van der Waals surface area contributed by atoms with E-state index in [4.69, 9.17) is 5.73 Å². The molecule has 0 atom stereocenters.